The smallest absolute Gasteiger partial charge is 0.0716 e. The van der Waals surface area contributed by atoms with Crippen molar-refractivity contribution < 1.29 is 14.6 Å². The Bertz CT molecular complexity index is 693. The summed E-state index contributed by atoms with van der Waals surface area (Å²) in [6.45, 7) is 1.14. The number of nitrogens with zero attached hydrogens (tertiary/aromatic N) is 3. The van der Waals surface area contributed by atoms with E-state index in [1.807, 2.05) is 30.3 Å². The molecule has 4 saturated carbocycles. The van der Waals surface area contributed by atoms with Crippen LogP contribution in [0.1, 0.15) is 43.7 Å². The minimum absolute atomic E-state index is 0.0449. The van der Waals surface area contributed by atoms with Gasteiger partial charge in [-0.2, -0.15) is 0 Å². The molecular weight excluding hydrogens is 330 g/mol. The number of methoxy groups -OCH3 is 1. The number of hydrogen-bond donors (Lipinski definition) is 1. The fraction of sp³-hybridized carbons (Fsp3) is 0.700. The molecule has 4 aliphatic carbocycles. The Hall–Kier alpha value is -1.59. The molecular formula is C20H27N3O3. The normalized spacial score (nSPS) is 38.8. The minimum Gasteiger partial charge on any atom is -0.389 e. The van der Waals surface area contributed by atoms with E-state index >= 15 is 0 Å². The molecule has 5 rings (SSSR count). The quantitative estimate of drug-likeness (QED) is 0.346. The van der Waals surface area contributed by atoms with Gasteiger partial charge in [0.25, 0.3) is 0 Å². The zero-order valence-corrected chi connectivity index (χ0v) is 15.3. The summed E-state index contributed by atoms with van der Waals surface area (Å²) in [4.78, 5) is 3.12. The first kappa shape index (κ1) is 17.8. The first-order valence-corrected chi connectivity index (χ1v) is 9.54. The second-order valence-corrected chi connectivity index (χ2v) is 8.37. The maximum atomic E-state index is 11.6. The molecule has 0 heterocycles. The van der Waals surface area contributed by atoms with Crippen LogP contribution in [0.25, 0.3) is 10.4 Å². The van der Waals surface area contributed by atoms with Crippen molar-refractivity contribution in [3.8, 4) is 0 Å². The zero-order chi connectivity index (χ0) is 18.2. The molecule has 0 aliphatic heterocycles. The standard InChI is InChI=1S/C20H27N3O3/c1-25-7-8-26-19-10-14-9-16(12-19)17(20(24,11-14)13-19)18(22-23-21)15-5-3-2-4-6-15/h2-6,14,16-18,24H,7-13H2,1H3/t14-,16+,17-,18?,19+,20+/m1/s1. The first-order valence-electron chi connectivity index (χ1n) is 9.54. The summed E-state index contributed by atoms with van der Waals surface area (Å²) in [5.74, 6) is 0.768. The van der Waals surface area contributed by atoms with Gasteiger partial charge in [0, 0.05) is 24.4 Å². The minimum atomic E-state index is -0.828. The molecule has 0 radical (unpaired) electrons. The number of ether oxygens (including phenoxy) is 2. The fourth-order valence-electron chi connectivity index (χ4n) is 6.19. The van der Waals surface area contributed by atoms with E-state index in [0.717, 1.165) is 31.2 Å². The van der Waals surface area contributed by atoms with Crippen LogP contribution in [-0.2, 0) is 9.47 Å². The molecule has 0 saturated heterocycles. The van der Waals surface area contributed by atoms with Crippen LogP contribution in [0.5, 0.6) is 0 Å². The molecule has 1 aromatic rings. The number of azide groups is 1. The topological polar surface area (TPSA) is 87.5 Å². The van der Waals surface area contributed by atoms with Crippen molar-refractivity contribution >= 4 is 0 Å². The maximum absolute atomic E-state index is 11.6. The highest BCUT2D eigenvalue weighted by atomic mass is 16.5. The van der Waals surface area contributed by atoms with Crippen LogP contribution in [0.3, 0.4) is 0 Å². The van der Waals surface area contributed by atoms with E-state index in [4.69, 9.17) is 15.0 Å². The predicted molar refractivity (Wildman–Crippen MR) is 97.4 cm³/mol. The molecule has 140 valence electrons. The SMILES string of the molecule is COCCO[C@@]12C[C@H]3C[C@@H](C1)[C@H](C(N=[N+]=[N-])c1ccccc1)[C@](O)(C3)C2. The molecule has 6 nitrogen and oxygen atoms in total. The molecule has 0 aromatic heterocycles. The molecule has 1 N–H and O–H groups in total. The molecule has 4 aliphatic rings. The third-order valence-electron chi connectivity index (χ3n) is 6.68. The fourth-order valence-corrected chi connectivity index (χ4v) is 6.19. The van der Waals surface area contributed by atoms with Crippen LogP contribution in [0.4, 0.5) is 0 Å². The third-order valence-corrected chi connectivity index (χ3v) is 6.68. The average molecular weight is 357 g/mol. The number of rotatable bonds is 7. The summed E-state index contributed by atoms with van der Waals surface area (Å²) in [6.07, 6.45) is 4.47. The van der Waals surface area contributed by atoms with Gasteiger partial charge in [-0.15, -0.1) is 0 Å². The van der Waals surface area contributed by atoms with Crippen molar-refractivity contribution in [2.24, 2.45) is 22.9 Å². The van der Waals surface area contributed by atoms with E-state index in [1.165, 1.54) is 0 Å². The maximum Gasteiger partial charge on any atom is 0.0716 e. The second kappa shape index (κ2) is 6.86. The van der Waals surface area contributed by atoms with Gasteiger partial charge < -0.3 is 14.6 Å². The van der Waals surface area contributed by atoms with Gasteiger partial charge >= 0.3 is 0 Å². The number of hydrogen-bond acceptors (Lipinski definition) is 4. The lowest BCUT2D eigenvalue weighted by molar-refractivity contribution is -0.253. The first-order chi connectivity index (χ1) is 12.6. The lowest BCUT2D eigenvalue weighted by atomic mass is 9.46. The van der Waals surface area contributed by atoms with Crippen molar-refractivity contribution in [3.05, 3.63) is 46.3 Å². The molecule has 0 spiro atoms. The van der Waals surface area contributed by atoms with Crippen LogP contribution in [0.15, 0.2) is 35.4 Å². The summed E-state index contributed by atoms with van der Waals surface area (Å²) >= 11 is 0. The largest absolute Gasteiger partial charge is 0.389 e. The number of aliphatic hydroxyl groups is 1. The summed E-state index contributed by atoms with van der Waals surface area (Å²) in [6, 6.07) is 9.56. The van der Waals surface area contributed by atoms with Gasteiger partial charge in [-0.05, 0) is 48.6 Å². The van der Waals surface area contributed by atoms with Crippen LogP contribution in [0, 0.1) is 17.8 Å². The van der Waals surface area contributed by atoms with E-state index in [9.17, 15) is 5.11 Å². The van der Waals surface area contributed by atoms with Gasteiger partial charge in [0.15, 0.2) is 0 Å². The predicted octanol–water partition coefficient (Wildman–Crippen LogP) is 4.01. The van der Waals surface area contributed by atoms with Gasteiger partial charge in [0.2, 0.25) is 0 Å². The highest BCUT2D eigenvalue weighted by molar-refractivity contribution is 5.25. The van der Waals surface area contributed by atoms with Gasteiger partial charge in [-0.25, -0.2) is 0 Å². The van der Waals surface area contributed by atoms with Gasteiger partial charge in [-0.3, -0.25) is 0 Å². The highest BCUT2D eigenvalue weighted by Crippen LogP contribution is 2.64. The Morgan fingerprint density at radius 2 is 2.08 bits per heavy atom. The van der Waals surface area contributed by atoms with E-state index in [-0.39, 0.29) is 17.6 Å². The highest BCUT2D eigenvalue weighted by Gasteiger charge is 2.64. The Morgan fingerprint density at radius 3 is 2.77 bits per heavy atom. The lowest BCUT2D eigenvalue weighted by Gasteiger charge is -2.64. The van der Waals surface area contributed by atoms with Gasteiger partial charge in [0.05, 0.1) is 30.5 Å². The summed E-state index contributed by atoms with van der Waals surface area (Å²) < 4.78 is 11.4. The molecule has 6 atom stereocenters. The summed E-state index contributed by atoms with van der Waals surface area (Å²) in [5, 5.41) is 15.8. The van der Waals surface area contributed by atoms with E-state index in [0.29, 0.717) is 31.5 Å². The van der Waals surface area contributed by atoms with Gasteiger partial charge in [0.1, 0.15) is 0 Å². The number of benzene rings is 1. The molecule has 1 unspecified atom stereocenters. The molecule has 26 heavy (non-hydrogen) atoms. The monoisotopic (exact) mass is 357 g/mol. The Morgan fingerprint density at radius 1 is 1.27 bits per heavy atom. The average Bonchev–Trinajstić information content (AvgIpc) is 2.60. The zero-order valence-electron chi connectivity index (χ0n) is 15.3. The lowest BCUT2D eigenvalue weighted by Crippen LogP contribution is -2.65. The Kier molecular flexibility index (Phi) is 4.70. The Labute approximate surface area is 154 Å². The third kappa shape index (κ3) is 3.01. The van der Waals surface area contributed by atoms with Crippen LogP contribution in [0.2, 0.25) is 0 Å². The summed E-state index contributed by atoms with van der Waals surface area (Å²) in [7, 11) is 1.68. The van der Waals surface area contributed by atoms with E-state index < -0.39 is 5.60 Å². The van der Waals surface area contributed by atoms with E-state index in [1.54, 1.807) is 7.11 Å². The van der Waals surface area contributed by atoms with E-state index in [2.05, 4.69) is 10.0 Å². The van der Waals surface area contributed by atoms with Crippen molar-refractivity contribution in [1.82, 2.24) is 0 Å². The molecule has 4 fully saturated rings. The van der Waals surface area contributed by atoms with Crippen molar-refractivity contribution in [3.63, 3.8) is 0 Å². The summed E-state index contributed by atoms with van der Waals surface area (Å²) in [5.41, 5.74) is 9.09. The molecule has 1 aromatic carbocycles. The van der Waals surface area contributed by atoms with Crippen LogP contribution >= 0.6 is 0 Å². The van der Waals surface area contributed by atoms with Crippen LogP contribution < -0.4 is 0 Å². The van der Waals surface area contributed by atoms with Crippen LogP contribution in [-0.4, -0.2) is 36.6 Å². The van der Waals surface area contributed by atoms with Crippen molar-refractivity contribution in [1.29, 1.82) is 0 Å². The Balaban J connectivity index is 1.64. The molecule has 4 bridgehead atoms. The van der Waals surface area contributed by atoms with Crippen molar-refractivity contribution in [2.45, 2.75) is 49.3 Å². The molecule has 6 heteroatoms. The van der Waals surface area contributed by atoms with Crippen molar-refractivity contribution in [2.75, 3.05) is 20.3 Å². The second-order valence-electron chi connectivity index (χ2n) is 8.37. The molecule has 0 amide bonds. The van der Waals surface area contributed by atoms with Gasteiger partial charge in [-0.1, -0.05) is 35.4 Å².